The standard InChI is InChI=1S/C54H39NO2/c1-53(2)42-31-41(33-23-25-36(26-24-33)55(35-16-6-5-7-17-35)37-27-22-32-14-8-9-15-34(32)30-37)52-47(39-19-11-13-21-44(39)57-52)48(42)51-50(53)40-28-29-45-46(49(40)54(51,3)4)38-18-10-12-20-43(38)56-45/h5-31H,1-4H3. The summed E-state index contributed by atoms with van der Waals surface area (Å²) in [5.74, 6) is 0. The molecular weight excluding hydrogens is 695 g/mol. The largest absolute Gasteiger partial charge is 0.456 e. The zero-order valence-electron chi connectivity index (χ0n) is 32.4. The SMILES string of the molecule is CC1(C)C2=C(c3c1cc(-c1ccc(N(c4ccccc4)c4ccc5ccccc5c4)cc1)c1oc4ccccc4c31)C(C)(C)c1c2ccc2oc3ccccc3c12. The Hall–Kier alpha value is -6.84. The van der Waals surface area contributed by atoms with Gasteiger partial charge in [0, 0.05) is 55.0 Å². The molecule has 2 aromatic heterocycles. The Morgan fingerprint density at radius 1 is 0.439 bits per heavy atom. The summed E-state index contributed by atoms with van der Waals surface area (Å²) in [7, 11) is 0. The molecule has 3 heteroatoms. The van der Waals surface area contributed by atoms with Gasteiger partial charge in [0.05, 0.1) is 0 Å². The Balaban J connectivity index is 1.06. The van der Waals surface area contributed by atoms with Crippen LogP contribution < -0.4 is 4.90 Å². The maximum atomic E-state index is 6.95. The first-order valence-corrected chi connectivity index (χ1v) is 19.9. The molecule has 2 heterocycles. The lowest BCUT2D eigenvalue weighted by Gasteiger charge is -2.29. The van der Waals surface area contributed by atoms with Crippen molar-refractivity contribution in [2.45, 2.75) is 38.5 Å². The Morgan fingerprint density at radius 3 is 1.84 bits per heavy atom. The molecule has 0 N–H and O–H groups in total. The number of anilines is 3. The fourth-order valence-electron chi connectivity index (χ4n) is 10.5. The lowest BCUT2D eigenvalue weighted by atomic mass is 9.73. The van der Waals surface area contributed by atoms with Crippen molar-refractivity contribution in [3.63, 3.8) is 0 Å². The quantitative estimate of drug-likeness (QED) is 0.180. The van der Waals surface area contributed by atoms with Gasteiger partial charge >= 0.3 is 0 Å². The van der Waals surface area contributed by atoms with Gasteiger partial charge in [-0.05, 0) is 110 Å². The van der Waals surface area contributed by atoms with E-state index in [-0.39, 0.29) is 10.8 Å². The Morgan fingerprint density at radius 2 is 1.07 bits per heavy atom. The summed E-state index contributed by atoms with van der Waals surface area (Å²) in [5, 5.41) is 7.23. The molecule has 0 spiro atoms. The van der Waals surface area contributed by atoms with Crippen LogP contribution in [-0.2, 0) is 10.8 Å². The van der Waals surface area contributed by atoms with Crippen molar-refractivity contribution in [3.8, 4) is 11.1 Å². The maximum absolute atomic E-state index is 6.95. The van der Waals surface area contributed by atoms with Crippen LogP contribution in [0.15, 0.2) is 173 Å². The van der Waals surface area contributed by atoms with Gasteiger partial charge in [-0.3, -0.25) is 0 Å². The smallest absolute Gasteiger partial charge is 0.143 e. The van der Waals surface area contributed by atoms with Gasteiger partial charge in [0.15, 0.2) is 0 Å². The second-order valence-corrected chi connectivity index (χ2v) is 16.9. The molecule has 0 saturated heterocycles. The highest BCUT2D eigenvalue weighted by atomic mass is 16.3. The average molecular weight is 734 g/mol. The molecule has 0 amide bonds. The van der Waals surface area contributed by atoms with Crippen LogP contribution in [0.5, 0.6) is 0 Å². The number of fused-ring (bicyclic) bond motifs is 13. The van der Waals surface area contributed by atoms with Crippen LogP contribution in [0.25, 0.3) is 76.9 Å². The number of para-hydroxylation sites is 3. The first kappa shape index (κ1) is 32.4. The fourth-order valence-corrected chi connectivity index (χ4v) is 10.5. The van der Waals surface area contributed by atoms with E-state index in [2.05, 4.69) is 196 Å². The van der Waals surface area contributed by atoms with E-state index in [0.29, 0.717) is 0 Å². The highest BCUT2D eigenvalue weighted by Crippen LogP contribution is 2.66. The molecule has 0 atom stereocenters. The summed E-state index contributed by atoms with van der Waals surface area (Å²) in [6.07, 6.45) is 0. The lowest BCUT2D eigenvalue weighted by molar-refractivity contribution is 0.664. The number of rotatable bonds is 4. The summed E-state index contributed by atoms with van der Waals surface area (Å²) in [5.41, 5.74) is 17.0. The molecule has 0 fully saturated rings. The minimum Gasteiger partial charge on any atom is -0.456 e. The summed E-state index contributed by atoms with van der Waals surface area (Å²) in [6, 6.07) is 58.9. The van der Waals surface area contributed by atoms with Gasteiger partial charge in [-0.2, -0.15) is 0 Å². The molecule has 272 valence electrons. The summed E-state index contributed by atoms with van der Waals surface area (Å²) in [6.45, 7) is 9.66. The molecule has 12 rings (SSSR count). The number of allylic oxidation sites excluding steroid dienone is 2. The van der Waals surface area contributed by atoms with E-state index in [9.17, 15) is 0 Å². The Labute approximate surface area is 331 Å². The van der Waals surface area contributed by atoms with E-state index in [1.54, 1.807) is 0 Å². The molecule has 0 unspecified atom stereocenters. The molecular formula is C54H39NO2. The molecule has 10 aromatic rings. The molecule has 57 heavy (non-hydrogen) atoms. The van der Waals surface area contributed by atoms with Crippen LogP contribution in [0.3, 0.4) is 0 Å². The van der Waals surface area contributed by atoms with Crippen LogP contribution in [0, 0.1) is 0 Å². The van der Waals surface area contributed by atoms with Crippen molar-refractivity contribution < 1.29 is 8.83 Å². The van der Waals surface area contributed by atoms with Gasteiger partial charge in [0.1, 0.15) is 22.3 Å². The van der Waals surface area contributed by atoms with Crippen LogP contribution >= 0.6 is 0 Å². The molecule has 3 nitrogen and oxygen atoms in total. The maximum Gasteiger partial charge on any atom is 0.143 e. The molecule has 2 aliphatic rings. The molecule has 0 radical (unpaired) electrons. The number of hydrogen-bond acceptors (Lipinski definition) is 3. The van der Waals surface area contributed by atoms with Crippen molar-refractivity contribution in [2.75, 3.05) is 4.90 Å². The Bertz CT molecular complexity index is 3340. The molecule has 0 saturated carbocycles. The average Bonchev–Trinajstić information content (AvgIpc) is 3.94. The lowest BCUT2D eigenvalue weighted by Crippen LogP contribution is -2.19. The van der Waals surface area contributed by atoms with E-state index in [4.69, 9.17) is 8.83 Å². The number of hydrogen-bond donors (Lipinski definition) is 0. The minimum absolute atomic E-state index is 0.262. The topological polar surface area (TPSA) is 29.5 Å². The van der Waals surface area contributed by atoms with E-state index in [0.717, 1.165) is 55.9 Å². The van der Waals surface area contributed by atoms with E-state index < -0.39 is 0 Å². The van der Waals surface area contributed by atoms with Gasteiger partial charge in [0.25, 0.3) is 0 Å². The summed E-state index contributed by atoms with van der Waals surface area (Å²) < 4.78 is 13.4. The number of benzene rings is 8. The zero-order chi connectivity index (χ0) is 38.2. The number of furan rings is 2. The zero-order valence-corrected chi connectivity index (χ0v) is 32.4. The fraction of sp³-hybridized carbons (Fsp3) is 0.111. The third-order valence-corrected chi connectivity index (χ3v) is 13.0. The second kappa shape index (κ2) is 11.4. The van der Waals surface area contributed by atoms with Crippen molar-refractivity contribution in [1.29, 1.82) is 0 Å². The highest BCUT2D eigenvalue weighted by molar-refractivity contribution is 6.24. The Kier molecular flexibility index (Phi) is 6.46. The first-order chi connectivity index (χ1) is 27.8. The van der Waals surface area contributed by atoms with Crippen LogP contribution in [0.2, 0.25) is 0 Å². The van der Waals surface area contributed by atoms with Crippen LogP contribution in [0.1, 0.15) is 49.9 Å². The predicted octanol–water partition coefficient (Wildman–Crippen LogP) is 15.3. The molecule has 8 aromatic carbocycles. The third-order valence-electron chi connectivity index (χ3n) is 13.0. The predicted molar refractivity (Wildman–Crippen MR) is 238 cm³/mol. The van der Waals surface area contributed by atoms with Crippen LogP contribution in [0.4, 0.5) is 17.1 Å². The molecule has 0 bridgehead atoms. The van der Waals surface area contributed by atoms with Crippen LogP contribution in [-0.4, -0.2) is 0 Å². The van der Waals surface area contributed by atoms with E-state index in [1.807, 2.05) is 0 Å². The van der Waals surface area contributed by atoms with Gasteiger partial charge in [0.2, 0.25) is 0 Å². The third kappa shape index (κ3) is 4.37. The van der Waals surface area contributed by atoms with Crippen molar-refractivity contribution in [1.82, 2.24) is 0 Å². The van der Waals surface area contributed by atoms with Gasteiger partial charge in [-0.1, -0.05) is 131 Å². The van der Waals surface area contributed by atoms with Crippen molar-refractivity contribution in [3.05, 3.63) is 186 Å². The molecule has 0 aliphatic heterocycles. The van der Waals surface area contributed by atoms with Gasteiger partial charge in [-0.15, -0.1) is 0 Å². The monoisotopic (exact) mass is 733 g/mol. The van der Waals surface area contributed by atoms with E-state index >= 15 is 0 Å². The first-order valence-electron chi connectivity index (χ1n) is 19.9. The second-order valence-electron chi connectivity index (χ2n) is 16.9. The number of nitrogens with zero attached hydrogens (tertiary/aromatic N) is 1. The van der Waals surface area contributed by atoms with Crippen molar-refractivity contribution in [2.24, 2.45) is 0 Å². The molecule has 2 aliphatic carbocycles. The van der Waals surface area contributed by atoms with Crippen molar-refractivity contribution >= 4 is 82.9 Å². The summed E-state index contributed by atoms with van der Waals surface area (Å²) >= 11 is 0. The van der Waals surface area contributed by atoms with Gasteiger partial charge < -0.3 is 13.7 Å². The minimum atomic E-state index is -0.280. The summed E-state index contributed by atoms with van der Waals surface area (Å²) in [4.78, 5) is 2.34. The normalized spacial score (nSPS) is 15.2. The van der Waals surface area contributed by atoms with Gasteiger partial charge in [-0.25, -0.2) is 0 Å². The van der Waals surface area contributed by atoms with E-state index in [1.165, 1.54) is 60.3 Å². The highest BCUT2D eigenvalue weighted by Gasteiger charge is 2.52.